The molecule has 0 fully saturated rings. The van der Waals surface area contributed by atoms with Crippen molar-refractivity contribution in [3.63, 3.8) is 0 Å². The van der Waals surface area contributed by atoms with Crippen LogP contribution in [0.4, 0.5) is 0 Å². The van der Waals surface area contributed by atoms with E-state index >= 15 is 0 Å². The van der Waals surface area contributed by atoms with Crippen LogP contribution < -0.4 is 0 Å². The standard InChI is InChI=1S/C17H13N2.C13H12N.Ir/c1-13-6-5-11-18-17(13)15-9-10-16(19-12-15)14-7-3-2-4-8-14;1-10-8-13(14-9-11(10)2)12-6-4-3-5-7-12;/h2-7,9-12H,1H3;3-6,8-9H,1-2H3;/q2*-1;/i;2D3;. The van der Waals surface area contributed by atoms with Crippen LogP contribution in [0.2, 0.25) is 0 Å². The summed E-state index contributed by atoms with van der Waals surface area (Å²) in [6.45, 7) is 1.74. The number of aryl methyl sites for hydroxylation is 3. The van der Waals surface area contributed by atoms with E-state index in [2.05, 4.69) is 46.1 Å². The Bertz CT molecular complexity index is 1420. The Morgan fingerprint density at radius 2 is 1.38 bits per heavy atom. The minimum Gasteiger partial charge on any atom is -0.304 e. The molecule has 0 amide bonds. The number of pyridine rings is 3. The molecule has 0 aliphatic heterocycles. The molecule has 0 spiro atoms. The van der Waals surface area contributed by atoms with Crippen molar-refractivity contribution in [2.24, 2.45) is 0 Å². The maximum atomic E-state index is 7.37. The minimum atomic E-state index is -2.10. The molecule has 171 valence electrons. The zero-order valence-corrected chi connectivity index (χ0v) is 21.3. The molecule has 0 atom stereocenters. The van der Waals surface area contributed by atoms with Crippen molar-refractivity contribution in [3.8, 4) is 33.8 Å². The fraction of sp³-hybridized carbons (Fsp3) is 0.100. The average Bonchev–Trinajstić information content (AvgIpc) is 2.90. The van der Waals surface area contributed by atoms with Gasteiger partial charge >= 0.3 is 0 Å². The molecular formula is C30H25IrN3-2. The molecule has 34 heavy (non-hydrogen) atoms. The first kappa shape index (κ1) is 21.1. The van der Waals surface area contributed by atoms with Gasteiger partial charge in [0.1, 0.15) is 0 Å². The predicted octanol–water partition coefficient (Wildman–Crippen LogP) is 7.08. The van der Waals surface area contributed by atoms with Gasteiger partial charge in [0.2, 0.25) is 0 Å². The number of rotatable bonds is 3. The molecule has 2 aromatic carbocycles. The van der Waals surface area contributed by atoms with Gasteiger partial charge in [0, 0.05) is 48.4 Å². The largest absolute Gasteiger partial charge is 0.304 e. The number of benzene rings is 2. The Hall–Kier alpha value is -3.46. The Morgan fingerprint density at radius 1 is 0.676 bits per heavy atom. The van der Waals surface area contributed by atoms with Crippen LogP contribution in [0.3, 0.4) is 0 Å². The van der Waals surface area contributed by atoms with Gasteiger partial charge in [0.25, 0.3) is 0 Å². The number of nitrogens with zero attached hydrogens (tertiary/aromatic N) is 3. The summed E-state index contributed by atoms with van der Waals surface area (Å²) in [5, 5.41) is 0. The number of aromatic nitrogens is 3. The summed E-state index contributed by atoms with van der Waals surface area (Å²) >= 11 is 0. The second-order valence-electron chi connectivity index (χ2n) is 7.54. The molecule has 3 nitrogen and oxygen atoms in total. The van der Waals surface area contributed by atoms with Gasteiger partial charge in [-0.15, -0.1) is 71.8 Å². The SMILES string of the molecule is Cc1cccnc1-c1ccc(-c2[c-]cccc2)nc1.[2H]C([2H])([2H])c1cnc(-c2[c-]cccc2)cc1C.[Ir]. The van der Waals surface area contributed by atoms with Crippen LogP contribution in [0, 0.1) is 32.8 Å². The van der Waals surface area contributed by atoms with Crippen LogP contribution in [0.15, 0.2) is 97.5 Å². The van der Waals surface area contributed by atoms with Crippen LogP contribution in [-0.4, -0.2) is 15.0 Å². The van der Waals surface area contributed by atoms with E-state index < -0.39 is 6.85 Å². The third kappa shape index (κ3) is 6.32. The zero-order valence-electron chi connectivity index (χ0n) is 21.9. The van der Waals surface area contributed by atoms with Crippen molar-refractivity contribution < 1.29 is 24.2 Å². The molecule has 0 aliphatic carbocycles. The van der Waals surface area contributed by atoms with E-state index in [0.29, 0.717) is 5.56 Å². The van der Waals surface area contributed by atoms with Crippen molar-refractivity contribution in [3.05, 3.63) is 126 Å². The molecule has 5 rings (SSSR count). The second kappa shape index (κ2) is 12.1. The van der Waals surface area contributed by atoms with E-state index in [0.717, 1.165) is 44.9 Å². The fourth-order valence-electron chi connectivity index (χ4n) is 3.29. The minimum absolute atomic E-state index is 0. The quantitative estimate of drug-likeness (QED) is 0.202. The molecular weight excluding hydrogens is 595 g/mol. The van der Waals surface area contributed by atoms with Crippen LogP contribution in [0.1, 0.15) is 20.8 Å². The summed E-state index contributed by atoms with van der Waals surface area (Å²) in [7, 11) is 0. The van der Waals surface area contributed by atoms with E-state index in [1.807, 2.05) is 66.9 Å². The van der Waals surface area contributed by atoms with E-state index in [9.17, 15) is 0 Å². The molecule has 4 heteroatoms. The van der Waals surface area contributed by atoms with Gasteiger partial charge in [-0.05, 0) is 49.3 Å². The smallest absolute Gasteiger partial charge is 0.0745 e. The summed E-state index contributed by atoms with van der Waals surface area (Å²) in [4.78, 5) is 13.1. The summed E-state index contributed by atoms with van der Waals surface area (Å²) in [5.41, 5.74) is 7.76. The van der Waals surface area contributed by atoms with Gasteiger partial charge in [-0.3, -0.25) is 4.98 Å². The third-order valence-corrected chi connectivity index (χ3v) is 5.13. The van der Waals surface area contributed by atoms with Crippen molar-refractivity contribution in [1.29, 1.82) is 0 Å². The van der Waals surface area contributed by atoms with E-state index in [-0.39, 0.29) is 20.1 Å². The summed E-state index contributed by atoms with van der Waals surface area (Å²) in [5.74, 6) is 0. The summed E-state index contributed by atoms with van der Waals surface area (Å²) in [6.07, 6.45) is 5.10. The second-order valence-corrected chi connectivity index (χ2v) is 7.54. The molecule has 3 aromatic heterocycles. The van der Waals surface area contributed by atoms with Crippen LogP contribution in [0.5, 0.6) is 0 Å². The van der Waals surface area contributed by atoms with Gasteiger partial charge in [0.05, 0.1) is 5.69 Å². The van der Waals surface area contributed by atoms with Crippen molar-refractivity contribution in [2.75, 3.05) is 0 Å². The molecule has 0 saturated carbocycles. The summed E-state index contributed by atoms with van der Waals surface area (Å²) in [6, 6.07) is 31.4. The van der Waals surface area contributed by atoms with Gasteiger partial charge in [-0.1, -0.05) is 29.8 Å². The predicted molar refractivity (Wildman–Crippen MR) is 134 cm³/mol. The first-order chi connectivity index (χ1) is 17.3. The Morgan fingerprint density at radius 3 is 1.94 bits per heavy atom. The fourth-order valence-corrected chi connectivity index (χ4v) is 3.29. The molecule has 0 unspecified atom stereocenters. The van der Waals surface area contributed by atoms with Crippen LogP contribution in [-0.2, 0) is 20.1 Å². The first-order valence-corrected chi connectivity index (χ1v) is 10.6. The van der Waals surface area contributed by atoms with Crippen molar-refractivity contribution >= 4 is 0 Å². The Balaban J connectivity index is 0.000000201. The van der Waals surface area contributed by atoms with Gasteiger partial charge in [-0.2, -0.15) is 0 Å². The molecule has 3 heterocycles. The van der Waals surface area contributed by atoms with Crippen LogP contribution in [0.25, 0.3) is 33.8 Å². The maximum absolute atomic E-state index is 7.37. The first-order valence-electron chi connectivity index (χ1n) is 12.1. The zero-order chi connectivity index (χ0) is 25.5. The van der Waals surface area contributed by atoms with E-state index in [4.69, 9.17) is 4.11 Å². The third-order valence-electron chi connectivity index (χ3n) is 5.13. The summed E-state index contributed by atoms with van der Waals surface area (Å²) < 4.78 is 22.1. The average molecular weight is 623 g/mol. The Kier molecular flexibility index (Phi) is 7.53. The Labute approximate surface area is 219 Å². The molecule has 1 radical (unpaired) electrons. The molecule has 0 N–H and O–H groups in total. The van der Waals surface area contributed by atoms with Crippen molar-refractivity contribution in [1.82, 2.24) is 15.0 Å². The molecule has 0 aliphatic rings. The number of hydrogen-bond donors (Lipinski definition) is 0. The maximum Gasteiger partial charge on any atom is 0.0745 e. The molecule has 0 saturated heterocycles. The monoisotopic (exact) mass is 623 g/mol. The molecule has 0 bridgehead atoms. The number of hydrogen-bond acceptors (Lipinski definition) is 3. The normalized spacial score (nSPS) is 11.6. The van der Waals surface area contributed by atoms with Gasteiger partial charge in [-0.25, -0.2) is 0 Å². The van der Waals surface area contributed by atoms with Gasteiger partial charge in [0.15, 0.2) is 0 Å². The topological polar surface area (TPSA) is 38.7 Å². The van der Waals surface area contributed by atoms with Crippen LogP contribution >= 0.6 is 0 Å². The van der Waals surface area contributed by atoms with E-state index in [1.165, 1.54) is 6.20 Å². The van der Waals surface area contributed by atoms with Crippen molar-refractivity contribution in [2.45, 2.75) is 20.7 Å². The molecule has 5 aromatic rings. The van der Waals surface area contributed by atoms with E-state index in [1.54, 1.807) is 19.2 Å². The van der Waals surface area contributed by atoms with Gasteiger partial charge < -0.3 is 9.97 Å².